The normalized spacial score (nSPS) is 13.0. The molecule has 0 spiro atoms. The molecule has 0 radical (unpaired) electrons. The number of methoxy groups -OCH3 is 1. The van der Waals surface area contributed by atoms with Crippen molar-refractivity contribution >= 4 is 16.0 Å². The van der Waals surface area contributed by atoms with Gasteiger partial charge in [0.1, 0.15) is 0 Å². The average molecular weight is 377 g/mol. The van der Waals surface area contributed by atoms with Crippen LogP contribution in [-0.2, 0) is 21.3 Å². The van der Waals surface area contributed by atoms with Gasteiger partial charge in [-0.1, -0.05) is 19.1 Å². The highest BCUT2D eigenvalue weighted by atomic mass is 32.2. The maximum Gasteiger partial charge on any atom is 0.337 e. The molecule has 8 heteroatoms. The highest BCUT2D eigenvalue weighted by Gasteiger charge is 2.25. The fourth-order valence-electron chi connectivity index (χ4n) is 2.66. The van der Waals surface area contributed by atoms with Crippen molar-refractivity contribution in [1.82, 2.24) is 4.31 Å². The summed E-state index contributed by atoms with van der Waals surface area (Å²) in [4.78, 5) is 11.7. The first-order valence-electron chi connectivity index (χ1n) is 8.02. The molecule has 0 saturated carbocycles. The Morgan fingerprint density at radius 2 is 1.92 bits per heavy atom. The summed E-state index contributed by atoms with van der Waals surface area (Å²) >= 11 is 0. The third kappa shape index (κ3) is 3.51. The van der Waals surface area contributed by atoms with E-state index in [1.54, 1.807) is 25.1 Å². The van der Waals surface area contributed by atoms with Crippen molar-refractivity contribution < 1.29 is 27.4 Å². The van der Waals surface area contributed by atoms with Gasteiger partial charge in [-0.05, 0) is 35.9 Å². The molecule has 0 atom stereocenters. The fraction of sp³-hybridized carbons (Fsp3) is 0.278. The lowest BCUT2D eigenvalue weighted by molar-refractivity contribution is 0.0600. The second kappa shape index (κ2) is 7.35. The molecule has 26 heavy (non-hydrogen) atoms. The minimum absolute atomic E-state index is 0.0444. The lowest BCUT2D eigenvalue weighted by Gasteiger charge is -2.21. The summed E-state index contributed by atoms with van der Waals surface area (Å²) in [5.41, 5.74) is 0.969. The van der Waals surface area contributed by atoms with Crippen molar-refractivity contribution in [2.24, 2.45) is 0 Å². The van der Waals surface area contributed by atoms with Gasteiger partial charge in [-0.15, -0.1) is 0 Å². The summed E-state index contributed by atoms with van der Waals surface area (Å²) in [6, 6.07) is 11.2. The molecule has 0 unspecified atom stereocenters. The summed E-state index contributed by atoms with van der Waals surface area (Å²) < 4.78 is 42.6. The first kappa shape index (κ1) is 18.2. The topological polar surface area (TPSA) is 82.1 Å². The van der Waals surface area contributed by atoms with Gasteiger partial charge in [-0.3, -0.25) is 0 Å². The molecular weight excluding hydrogens is 358 g/mol. The van der Waals surface area contributed by atoms with Gasteiger partial charge in [0.2, 0.25) is 16.8 Å². The van der Waals surface area contributed by atoms with Gasteiger partial charge in [-0.25, -0.2) is 13.2 Å². The van der Waals surface area contributed by atoms with Crippen molar-refractivity contribution in [3.8, 4) is 11.5 Å². The third-order valence-electron chi connectivity index (χ3n) is 4.04. The predicted molar refractivity (Wildman–Crippen MR) is 93.6 cm³/mol. The van der Waals surface area contributed by atoms with Gasteiger partial charge < -0.3 is 14.2 Å². The largest absolute Gasteiger partial charge is 0.465 e. The Kier molecular flexibility index (Phi) is 5.15. The van der Waals surface area contributed by atoms with Crippen LogP contribution in [0.15, 0.2) is 47.4 Å². The van der Waals surface area contributed by atoms with Crippen LogP contribution in [0.3, 0.4) is 0 Å². The number of hydrogen-bond acceptors (Lipinski definition) is 6. The zero-order chi connectivity index (χ0) is 18.7. The van der Waals surface area contributed by atoms with Crippen LogP contribution in [0.4, 0.5) is 0 Å². The molecule has 1 heterocycles. The predicted octanol–water partition coefficient (Wildman–Crippen LogP) is 2.41. The lowest BCUT2D eigenvalue weighted by Crippen LogP contribution is -2.30. The van der Waals surface area contributed by atoms with Crippen molar-refractivity contribution in [3.05, 3.63) is 53.6 Å². The molecule has 2 aromatic rings. The monoisotopic (exact) mass is 377 g/mol. The lowest BCUT2D eigenvalue weighted by atomic mass is 10.2. The van der Waals surface area contributed by atoms with E-state index < -0.39 is 16.0 Å². The number of rotatable bonds is 6. The maximum absolute atomic E-state index is 13.0. The standard InChI is InChI=1S/C18H19NO6S/c1-3-19(11-13-7-8-16-17(9-13)25-12-24-16)26(21,22)15-6-4-5-14(10-15)18(20)23-2/h4-10H,3,11-12H2,1-2H3. The number of fused-ring (bicyclic) bond motifs is 1. The van der Waals surface area contributed by atoms with E-state index in [2.05, 4.69) is 4.74 Å². The molecule has 1 aliphatic heterocycles. The number of carbonyl (C=O) groups excluding carboxylic acids is 1. The minimum atomic E-state index is -3.77. The van der Waals surface area contributed by atoms with Gasteiger partial charge in [-0.2, -0.15) is 4.31 Å². The molecule has 138 valence electrons. The Morgan fingerprint density at radius 3 is 2.65 bits per heavy atom. The summed E-state index contributed by atoms with van der Waals surface area (Å²) in [5.74, 6) is 0.662. The molecule has 0 aliphatic carbocycles. The second-order valence-electron chi connectivity index (χ2n) is 5.64. The molecule has 0 saturated heterocycles. The van der Waals surface area contributed by atoms with E-state index in [9.17, 15) is 13.2 Å². The molecule has 0 aromatic heterocycles. The van der Waals surface area contributed by atoms with Crippen LogP contribution in [-0.4, -0.2) is 39.1 Å². The Balaban J connectivity index is 1.88. The Bertz CT molecular complexity index is 925. The van der Waals surface area contributed by atoms with E-state index in [0.717, 1.165) is 5.56 Å². The zero-order valence-corrected chi connectivity index (χ0v) is 15.3. The van der Waals surface area contributed by atoms with Crippen molar-refractivity contribution in [1.29, 1.82) is 0 Å². The molecule has 3 rings (SSSR count). The number of nitrogens with zero attached hydrogens (tertiary/aromatic N) is 1. The van der Waals surface area contributed by atoms with Crippen molar-refractivity contribution in [2.45, 2.75) is 18.4 Å². The summed E-state index contributed by atoms with van der Waals surface area (Å²) in [6.45, 7) is 2.38. The Labute approximate surface area is 152 Å². The molecule has 2 aromatic carbocycles. The smallest absolute Gasteiger partial charge is 0.337 e. The average Bonchev–Trinajstić information content (AvgIpc) is 3.13. The number of ether oxygens (including phenoxy) is 3. The van der Waals surface area contributed by atoms with Crippen LogP contribution in [0.1, 0.15) is 22.8 Å². The molecule has 0 fully saturated rings. The maximum atomic E-state index is 13.0. The molecular formula is C18H19NO6S. The van der Waals surface area contributed by atoms with Gasteiger partial charge in [0, 0.05) is 13.1 Å². The van der Waals surface area contributed by atoms with Crippen LogP contribution in [0.25, 0.3) is 0 Å². The highest BCUT2D eigenvalue weighted by molar-refractivity contribution is 7.89. The molecule has 7 nitrogen and oxygen atoms in total. The van der Waals surface area contributed by atoms with Crippen LogP contribution >= 0.6 is 0 Å². The first-order chi connectivity index (χ1) is 12.5. The van der Waals surface area contributed by atoms with Crippen molar-refractivity contribution in [3.63, 3.8) is 0 Å². The number of benzene rings is 2. The minimum Gasteiger partial charge on any atom is -0.465 e. The first-order valence-corrected chi connectivity index (χ1v) is 9.46. The second-order valence-corrected chi connectivity index (χ2v) is 7.58. The van der Waals surface area contributed by atoms with E-state index in [4.69, 9.17) is 9.47 Å². The number of esters is 1. The Hall–Kier alpha value is -2.58. The fourth-order valence-corrected chi connectivity index (χ4v) is 4.14. The van der Waals surface area contributed by atoms with E-state index in [1.807, 2.05) is 0 Å². The number of carbonyl (C=O) groups is 1. The van der Waals surface area contributed by atoms with Gasteiger partial charge >= 0.3 is 5.97 Å². The molecule has 0 amide bonds. The molecule has 0 bridgehead atoms. The quantitative estimate of drug-likeness (QED) is 0.719. The van der Waals surface area contributed by atoms with E-state index in [-0.39, 0.29) is 30.3 Å². The van der Waals surface area contributed by atoms with Crippen molar-refractivity contribution in [2.75, 3.05) is 20.4 Å². The van der Waals surface area contributed by atoms with Crippen LogP contribution in [0.5, 0.6) is 11.5 Å². The van der Waals surface area contributed by atoms with Crippen LogP contribution < -0.4 is 9.47 Å². The SMILES string of the molecule is CCN(Cc1ccc2c(c1)OCO2)S(=O)(=O)c1cccc(C(=O)OC)c1. The molecule has 1 aliphatic rings. The third-order valence-corrected chi connectivity index (χ3v) is 5.96. The highest BCUT2D eigenvalue weighted by Crippen LogP contribution is 2.33. The van der Waals surface area contributed by atoms with E-state index in [0.29, 0.717) is 11.5 Å². The van der Waals surface area contributed by atoms with Crippen LogP contribution in [0.2, 0.25) is 0 Å². The van der Waals surface area contributed by atoms with Gasteiger partial charge in [0.15, 0.2) is 11.5 Å². The van der Waals surface area contributed by atoms with E-state index in [1.165, 1.54) is 35.7 Å². The summed E-state index contributed by atoms with van der Waals surface area (Å²) in [6.07, 6.45) is 0. The van der Waals surface area contributed by atoms with E-state index >= 15 is 0 Å². The zero-order valence-electron chi connectivity index (χ0n) is 14.5. The van der Waals surface area contributed by atoms with Gasteiger partial charge in [0.25, 0.3) is 0 Å². The summed E-state index contributed by atoms with van der Waals surface area (Å²) in [5, 5.41) is 0. The molecule has 0 N–H and O–H groups in total. The number of sulfonamides is 1. The van der Waals surface area contributed by atoms with Gasteiger partial charge in [0.05, 0.1) is 17.6 Å². The summed E-state index contributed by atoms with van der Waals surface area (Å²) in [7, 11) is -2.52. The Morgan fingerprint density at radius 1 is 1.15 bits per heavy atom. The number of hydrogen-bond donors (Lipinski definition) is 0. The van der Waals surface area contributed by atoms with Crippen LogP contribution in [0, 0.1) is 0 Å².